The van der Waals surface area contributed by atoms with Gasteiger partial charge in [-0.3, -0.25) is 0 Å². The van der Waals surface area contributed by atoms with Gasteiger partial charge in [0, 0.05) is 0 Å². The maximum atomic E-state index is 15.1. The first kappa shape index (κ1) is 20.2. The fraction of sp³-hybridized carbons (Fsp3) is 0.263. The molecule has 0 saturated heterocycles. The number of para-hydroxylation sites is 4. The molecule has 0 radical (unpaired) electrons. The lowest BCUT2D eigenvalue weighted by atomic mass is 9.89. The summed E-state index contributed by atoms with van der Waals surface area (Å²) < 4.78 is 103. The van der Waals surface area contributed by atoms with Gasteiger partial charge in [0.05, 0.1) is 22.1 Å². The second kappa shape index (κ2) is 6.19. The number of fused-ring (bicyclic) bond motifs is 2. The van der Waals surface area contributed by atoms with Crippen molar-refractivity contribution in [2.75, 3.05) is 0 Å². The number of imidazole rings is 2. The standard InChI is InChI=1S/C19H13F7N4/c1-16(20,14-27-10-6-2-3-7-11(10)28-14)18(23,24)19(25,26)17(21,22)15-29-12-8-4-5-9-13(12)30-15/h2-9H,1H3,(H,27,28)(H,29,30). The molecule has 0 spiro atoms. The molecule has 0 aliphatic carbocycles. The first-order valence-corrected chi connectivity index (χ1v) is 8.62. The van der Waals surface area contributed by atoms with E-state index >= 15 is 4.39 Å². The van der Waals surface area contributed by atoms with Crippen LogP contribution >= 0.6 is 0 Å². The zero-order valence-corrected chi connectivity index (χ0v) is 15.2. The van der Waals surface area contributed by atoms with Crippen LogP contribution in [0, 0.1) is 0 Å². The number of nitrogens with one attached hydrogen (secondary N) is 2. The lowest BCUT2D eigenvalue weighted by molar-refractivity contribution is -0.352. The third-order valence-corrected chi connectivity index (χ3v) is 4.90. The van der Waals surface area contributed by atoms with E-state index in [1.54, 1.807) is 0 Å². The fourth-order valence-electron chi connectivity index (χ4n) is 3.07. The summed E-state index contributed by atoms with van der Waals surface area (Å²) in [4.78, 5) is 10.9. The van der Waals surface area contributed by atoms with Crippen molar-refractivity contribution in [2.24, 2.45) is 0 Å². The van der Waals surface area contributed by atoms with Crippen molar-refractivity contribution in [3.63, 3.8) is 0 Å². The Morgan fingerprint density at radius 1 is 0.633 bits per heavy atom. The second-order valence-corrected chi connectivity index (χ2v) is 6.93. The zero-order chi connectivity index (χ0) is 21.9. The fourth-order valence-corrected chi connectivity index (χ4v) is 3.07. The van der Waals surface area contributed by atoms with Crippen LogP contribution in [0.3, 0.4) is 0 Å². The highest BCUT2D eigenvalue weighted by Crippen LogP contribution is 2.57. The van der Waals surface area contributed by atoms with Crippen molar-refractivity contribution < 1.29 is 30.7 Å². The highest BCUT2D eigenvalue weighted by molar-refractivity contribution is 5.75. The van der Waals surface area contributed by atoms with Crippen molar-refractivity contribution >= 4 is 22.1 Å². The summed E-state index contributed by atoms with van der Waals surface area (Å²) in [6.45, 7) is 0.0767. The van der Waals surface area contributed by atoms with E-state index in [1.165, 1.54) is 48.5 Å². The van der Waals surface area contributed by atoms with E-state index < -0.39 is 35.1 Å². The molecule has 2 aromatic heterocycles. The lowest BCUT2D eigenvalue weighted by Gasteiger charge is -2.37. The quantitative estimate of drug-likeness (QED) is 0.400. The molecule has 2 heterocycles. The third kappa shape index (κ3) is 2.60. The number of benzene rings is 2. The van der Waals surface area contributed by atoms with Gasteiger partial charge in [-0.15, -0.1) is 0 Å². The molecule has 0 amide bonds. The van der Waals surface area contributed by atoms with Crippen molar-refractivity contribution in [1.29, 1.82) is 0 Å². The van der Waals surface area contributed by atoms with Crippen LogP contribution in [0.2, 0.25) is 0 Å². The molecule has 2 aromatic carbocycles. The summed E-state index contributed by atoms with van der Waals surface area (Å²) in [5, 5.41) is 0. The summed E-state index contributed by atoms with van der Waals surface area (Å²) in [7, 11) is 0. The number of hydrogen-bond acceptors (Lipinski definition) is 2. The molecule has 4 rings (SSSR count). The molecule has 11 heteroatoms. The maximum absolute atomic E-state index is 15.1. The minimum Gasteiger partial charge on any atom is -0.339 e. The van der Waals surface area contributed by atoms with Crippen LogP contribution in [0.15, 0.2) is 48.5 Å². The molecule has 0 saturated carbocycles. The Kier molecular flexibility index (Phi) is 4.16. The lowest BCUT2D eigenvalue weighted by Crippen LogP contribution is -2.60. The monoisotopic (exact) mass is 430 g/mol. The zero-order valence-electron chi connectivity index (χ0n) is 15.2. The highest BCUT2D eigenvalue weighted by atomic mass is 19.3. The Hall–Kier alpha value is -3.11. The number of nitrogens with zero attached hydrogens (tertiary/aromatic N) is 2. The van der Waals surface area contributed by atoms with Crippen LogP contribution in [0.4, 0.5) is 30.7 Å². The summed E-state index contributed by atoms with van der Waals surface area (Å²) in [6.07, 6.45) is 0. The molecule has 0 bridgehead atoms. The summed E-state index contributed by atoms with van der Waals surface area (Å²) in [5.41, 5.74) is -4.36. The number of aromatic amines is 2. The predicted octanol–water partition coefficient (Wildman–Crippen LogP) is 5.69. The van der Waals surface area contributed by atoms with Crippen molar-refractivity contribution in [2.45, 2.75) is 30.4 Å². The molecule has 2 N–H and O–H groups in total. The van der Waals surface area contributed by atoms with Gasteiger partial charge in [-0.2, -0.15) is 26.3 Å². The van der Waals surface area contributed by atoms with E-state index in [0.29, 0.717) is 0 Å². The topological polar surface area (TPSA) is 57.4 Å². The van der Waals surface area contributed by atoms with Gasteiger partial charge in [-0.25, -0.2) is 14.4 Å². The molecule has 1 unspecified atom stereocenters. The largest absolute Gasteiger partial charge is 0.383 e. The van der Waals surface area contributed by atoms with Crippen molar-refractivity contribution in [3.8, 4) is 0 Å². The van der Waals surface area contributed by atoms with Crippen LogP contribution in [0.5, 0.6) is 0 Å². The Labute approximate surface area is 164 Å². The van der Waals surface area contributed by atoms with Crippen LogP contribution in [-0.2, 0) is 11.6 Å². The Bertz CT molecular complexity index is 1060. The second-order valence-electron chi connectivity index (χ2n) is 6.93. The van der Waals surface area contributed by atoms with Gasteiger partial charge in [0.1, 0.15) is 0 Å². The minimum atomic E-state index is -6.16. The van der Waals surface area contributed by atoms with Crippen LogP contribution in [-0.4, -0.2) is 31.8 Å². The first-order valence-electron chi connectivity index (χ1n) is 8.62. The molecule has 0 aliphatic rings. The van der Waals surface area contributed by atoms with E-state index in [4.69, 9.17) is 0 Å². The van der Waals surface area contributed by atoms with Crippen molar-refractivity contribution in [1.82, 2.24) is 19.9 Å². The molecule has 4 aromatic rings. The summed E-state index contributed by atoms with van der Waals surface area (Å²) in [5.74, 6) is -20.4. The normalized spacial score (nSPS) is 15.6. The SMILES string of the molecule is CC(F)(c1nc2ccccc2[nH]1)C(F)(F)C(F)(F)C(F)(F)c1nc2ccccc2[nH]1. The van der Waals surface area contributed by atoms with Gasteiger partial charge in [0.25, 0.3) is 0 Å². The minimum absolute atomic E-state index is 0.0135. The van der Waals surface area contributed by atoms with Gasteiger partial charge < -0.3 is 9.97 Å². The molecule has 0 aliphatic heterocycles. The van der Waals surface area contributed by atoms with Crippen LogP contribution in [0.1, 0.15) is 18.6 Å². The first-order chi connectivity index (χ1) is 13.9. The Balaban J connectivity index is 1.80. The number of hydrogen-bond donors (Lipinski definition) is 2. The molecular weight excluding hydrogens is 417 g/mol. The number of H-pyrrole nitrogens is 2. The molecule has 158 valence electrons. The third-order valence-electron chi connectivity index (χ3n) is 4.90. The highest BCUT2D eigenvalue weighted by Gasteiger charge is 2.80. The van der Waals surface area contributed by atoms with E-state index in [1.807, 2.05) is 4.98 Å². The van der Waals surface area contributed by atoms with Gasteiger partial charge >= 0.3 is 17.8 Å². The van der Waals surface area contributed by atoms with Crippen molar-refractivity contribution in [3.05, 3.63) is 60.2 Å². The number of halogens is 7. The van der Waals surface area contributed by atoms with E-state index in [0.717, 1.165) is 0 Å². The molecule has 0 fully saturated rings. The predicted molar refractivity (Wildman–Crippen MR) is 94.4 cm³/mol. The average molecular weight is 430 g/mol. The molecule has 30 heavy (non-hydrogen) atoms. The van der Waals surface area contributed by atoms with Gasteiger partial charge in [-0.05, 0) is 31.2 Å². The number of aromatic nitrogens is 4. The van der Waals surface area contributed by atoms with E-state index in [-0.39, 0.29) is 29.0 Å². The average Bonchev–Trinajstić information content (AvgIpc) is 3.32. The molecular formula is C19H13F7N4. The van der Waals surface area contributed by atoms with Gasteiger partial charge in [0.2, 0.25) is 5.67 Å². The van der Waals surface area contributed by atoms with Crippen LogP contribution < -0.4 is 0 Å². The Morgan fingerprint density at radius 2 is 1.07 bits per heavy atom. The van der Waals surface area contributed by atoms with E-state index in [9.17, 15) is 26.3 Å². The summed E-state index contributed by atoms with van der Waals surface area (Å²) in [6, 6.07) is 10.9. The van der Waals surface area contributed by atoms with Gasteiger partial charge in [0.15, 0.2) is 11.6 Å². The smallest absolute Gasteiger partial charge is 0.339 e. The molecule has 1 atom stereocenters. The Morgan fingerprint density at radius 3 is 1.57 bits per heavy atom. The number of rotatable bonds is 5. The van der Waals surface area contributed by atoms with E-state index in [2.05, 4.69) is 15.0 Å². The maximum Gasteiger partial charge on any atom is 0.383 e. The van der Waals surface area contributed by atoms with Gasteiger partial charge in [-0.1, -0.05) is 24.3 Å². The number of alkyl halides is 7. The molecule has 4 nitrogen and oxygen atoms in total. The van der Waals surface area contributed by atoms with Crippen LogP contribution in [0.25, 0.3) is 22.1 Å². The summed E-state index contributed by atoms with van der Waals surface area (Å²) >= 11 is 0.